The Labute approximate surface area is 98.9 Å². The number of amides is 3. The average Bonchev–Trinajstić information content (AvgIpc) is 2.65. The molecule has 7 heteroatoms. The lowest BCUT2D eigenvalue weighted by Crippen LogP contribution is -2.57. The van der Waals surface area contributed by atoms with Gasteiger partial charge < -0.3 is 15.6 Å². The second kappa shape index (κ2) is 4.59. The number of nitrogens with one attached hydrogen (secondary N) is 1. The van der Waals surface area contributed by atoms with Gasteiger partial charge in [0.2, 0.25) is 5.91 Å². The molecule has 0 saturated carbocycles. The molecule has 4 N–H and O–H groups in total. The quantitative estimate of drug-likeness (QED) is 0.553. The lowest BCUT2D eigenvalue weighted by molar-refractivity contribution is -0.128. The zero-order chi connectivity index (χ0) is 12.6. The molecule has 2 aliphatic heterocycles. The molecule has 2 saturated heterocycles. The molecule has 2 fully saturated rings. The lowest BCUT2D eigenvalue weighted by atomic mass is 10.1. The third-order valence-electron chi connectivity index (χ3n) is 3.19. The largest absolute Gasteiger partial charge is 0.390 e. The fourth-order valence-electron chi connectivity index (χ4n) is 2.13. The third-order valence-corrected chi connectivity index (χ3v) is 3.19. The van der Waals surface area contributed by atoms with Crippen LogP contribution in [0.15, 0.2) is 0 Å². The summed E-state index contributed by atoms with van der Waals surface area (Å²) in [5.74, 6) is -0.550. The molecule has 0 aromatic carbocycles. The van der Waals surface area contributed by atoms with Crippen molar-refractivity contribution in [1.29, 1.82) is 0 Å². The number of imide groups is 1. The second-order valence-electron chi connectivity index (χ2n) is 4.52. The summed E-state index contributed by atoms with van der Waals surface area (Å²) in [6, 6.07) is -0.469. The van der Waals surface area contributed by atoms with Gasteiger partial charge in [0.1, 0.15) is 6.23 Å². The van der Waals surface area contributed by atoms with E-state index >= 15 is 0 Å². The van der Waals surface area contributed by atoms with Crippen molar-refractivity contribution in [2.75, 3.05) is 13.1 Å². The SMILES string of the molecule is CC1CN([C@H]2C[C@H](O)[C@@H](CN)O2)C(=O)NC1=O. The maximum atomic E-state index is 11.6. The molecule has 2 aliphatic rings. The fourth-order valence-corrected chi connectivity index (χ4v) is 2.13. The van der Waals surface area contributed by atoms with E-state index in [1.165, 1.54) is 4.90 Å². The Morgan fingerprint density at radius 1 is 1.59 bits per heavy atom. The third kappa shape index (κ3) is 2.26. The first-order valence-corrected chi connectivity index (χ1v) is 5.68. The van der Waals surface area contributed by atoms with Gasteiger partial charge in [0, 0.05) is 19.5 Å². The van der Waals surface area contributed by atoms with Crippen LogP contribution in [0.3, 0.4) is 0 Å². The van der Waals surface area contributed by atoms with Crippen molar-refractivity contribution < 1.29 is 19.4 Å². The van der Waals surface area contributed by atoms with Crippen LogP contribution < -0.4 is 11.1 Å². The maximum absolute atomic E-state index is 11.6. The van der Waals surface area contributed by atoms with Crippen LogP contribution >= 0.6 is 0 Å². The summed E-state index contributed by atoms with van der Waals surface area (Å²) in [5.41, 5.74) is 5.44. The van der Waals surface area contributed by atoms with E-state index in [-0.39, 0.29) is 18.4 Å². The summed E-state index contributed by atoms with van der Waals surface area (Å²) in [7, 11) is 0. The number of nitrogens with zero attached hydrogens (tertiary/aromatic N) is 1. The van der Waals surface area contributed by atoms with E-state index < -0.39 is 24.5 Å². The van der Waals surface area contributed by atoms with Gasteiger partial charge in [0.15, 0.2) is 0 Å². The number of carbonyl (C=O) groups excluding carboxylic acids is 2. The van der Waals surface area contributed by atoms with Gasteiger partial charge in [0.25, 0.3) is 0 Å². The van der Waals surface area contributed by atoms with E-state index in [9.17, 15) is 14.7 Å². The van der Waals surface area contributed by atoms with Crippen LogP contribution in [-0.4, -0.2) is 53.5 Å². The summed E-state index contributed by atoms with van der Waals surface area (Å²) in [5, 5.41) is 11.9. The maximum Gasteiger partial charge on any atom is 0.326 e. The molecule has 2 heterocycles. The van der Waals surface area contributed by atoms with Gasteiger partial charge in [-0.25, -0.2) is 4.79 Å². The molecule has 0 bridgehead atoms. The minimum Gasteiger partial charge on any atom is -0.390 e. The van der Waals surface area contributed by atoms with Crippen LogP contribution in [0, 0.1) is 5.92 Å². The summed E-state index contributed by atoms with van der Waals surface area (Å²) < 4.78 is 5.50. The minimum atomic E-state index is -0.661. The summed E-state index contributed by atoms with van der Waals surface area (Å²) in [6.07, 6.45) is -1.28. The Morgan fingerprint density at radius 3 is 2.88 bits per heavy atom. The minimum absolute atomic E-state index is 0.210. The van der Waals surface area contributed by atoms with E-state index in [4.69, 9.17) is 10.5 Å². The molecule has 0 aromatic rings. The molecule has 2 rings (SSSR count). The number of aliphatic hydroxyl groups is 1. The van der Waals surface area contributed by atoms with Gasteiger partial charge in [-0.15, -0.1) is 0 Å². The number of hydrogen-bond donors (Lipinski definition) is 3. The Morgan fingerprint density at radius 2 is 2.29 bits per heavy atom. The van der Waals surface area contributed by atoms with Crippen molar-refractivity contribution in [3.8, 4) is 0 Å². The number of ether oxygens (including phenoxy) is 1. The fraction of sp³-hybridized carbons (Fsp3) is 0.800. The summed E-state index contributed by atoms with van der Waals surface area (Å²) in [6.45, 7) is 2.25. The highest BCUT2D eigenvalue weighted by atomic mass is 16.5. The summed E-state index contributed by atoms with van der Waals surface area (Å²) in [4.78, 5) is 24.4. The molecule has 1 unspecified atom stereocenters. The lowest BCUT2D eigenvalue weighted by Gasteiger charge is -2.34. The topological polar surface area (TPSA) is 105 Å². The van der Waals surface area contributed by atoms with E-state index in [0.717, 1.165) is 0 Å². The van der Waals surface area contributed by atoms with Crippen LogP contribution in [0.4, 0.5) is 4.79 Å². The first-order chi connectivity index (χ1) is 8.02. The highest BCUT2D eigenvalue weighted by Crippen LogP contribution is 2.25. The molecule has 0 radical (unpaired) electrons. The number of nitrogens with two attached hydrogens (primary N) is 1. The molecule has 3 amide bonds. The summed E-state index contributed by atoms with van der Waals surface area (Å²) >= 11 is 0. The predicted octanol–water partition coefficient (Wildman–Crippen LogP) is -1.39. The highest BCUT2D eigenvalue weighted by Gasteiger charge is 2.41. The van der Waals surface area contributed by atoms with Crippen LogP contribution in [0.25, 0.3) is 0 Å². The average molecular weight is 243 g/mol. The number of rotatable bonds is 2. The molecule has 17 heavy (non-hydrogen) atoms. The Bertz CT molecular complexity index is 336. The van der Waals surface area contributed by atoms with Crippen molar-refractivity contribution in [3.63, 3.8) is 0 Å². The zero-order valence-corrected chi connectivity index (χ0v) is 9.63. The van der Waals surface area contributed by atoms with Crippen LogP contribution in [0.2, 0.25) is 0 Å². The molecular weight excluding hydrogens is 226 g/mol. The monoisotopic (exact) mass is 243 g/mol. The molecule has 0 aromatic heterocycles. The zero-order valence-electron chi connectivity index (χ0n) is 9.63. The molecule has 0 spiro atoms. The predicted molar refractivity (Wildman–Crippen MR) is 57.7 cm³/mol. The molecule has 96 valence electrons. The van der Waals surface area contributed by atoms with Gasteiger partial charge in [-0.05, 0) is 0 Å². The van der Waals surface area contributed by atoms with Crippen LogP contribution in [-0.2, 0) is 9.53 Å². The van der Waals surface area contributed by atoms with Crippen molar-refractivity contribution in [2.45, 2.75) is 31.8 Å². The smallest absolute Gasteiger partial charge is 0.326 e. The molecule has 4 atom stereocenters. The van der Waals surface area contributed by atoms with Crippen molar-refractivity contribution in [2.24, 2.45) is 11.7 Å². The normalized spacial score (nSPS) is 38.4. The van der Waals surface area contributed by atoms with Gasteiger partial charge >= 0.3 is 6.03 Å². The number of urea groups is 1. The van der Waals surface area contributed by atoms with Crippen LogP contribution in [0.1, 0.15) is 13.3 Å². The van der Waals surface area contributed by atoms with Gasteiger partial charge in [-0.2, -0.15) is 0 Å². The van der Waals surface area contributed by atoms with Gasteiger partial charge in [-0.1, -0.05) is 6.92 Å². The Hall–Kier alpha value is -1.18. The number of carbonyl (C=O) groups is 2. The van der Waals surface area contributed by atoms with E-state index in [0.29, 0.717) is 13.0 Å². The van der Waals surface area contributed by atoms with E-state index in [1.807, 2.05) is 0 Å². The molecule has 0 aliphatic carbocycles. The highest BCUT2D eigenvalue weighted by molar-refractivity contribution is 5.97. The standard InChI is InChI=1S/C10H17N3O4/c1-5-4-13(10(16)12-9(5)15)8-2-6(14)7(3-11)17-8/h5-8,14H,2-4,11H2,1H3,(H,12,15,16)/t5?,6-,7+,8+/m0/s1. The Kier molecular flexibility index (Phi) is 3.32. The van der Waals surface area contributed by atoms with E-state index in [2.05, 4.69) is 5.32 Å². The van der Waals surface area contributed by atoms with Crippen molar-refractivity contribution in [1.82, 2.24) is 10.2 Å². The van der Waals surface area contributed by atoms with Crippen molar-refractivity contribution >= 4 is 11.9 Å². The molecule has 7 nitrogen and oxygen atoms in total. The molecular formula is C10H17N3O4. The van der Waals surface area contributed by atoms with Gasteiger partial charge in [-0.3, -0.25) is 15.0 Å². The first-order valence-electron chi connectivity index (χ1n) is 5.68. The van der Waals surface area contributed by atoms with Gasteiger partial charge in [0.05, 0.1) is 18.1 Å². The first kappa shape index (κ1) is 12.3. The number of aliphatic hydroxyl groups excluding tert-OH is 1. The number of hydrogen-bond acceptors (Lipinski definition) is 5. The van der Waals surface area contributed by atoms with Crippen LogP contribution in [0.5, 0.6) is 0 Å². The Balaban J connectivity index is 2.03. The van der Waals surface area contributed by atoms with E-state index in [1.54, 1.807) is 6.92 Å². The van der Waals surface area contributed by atoms with Crippen molar-refractivity contribution in [3.05, 3.63) is 0 Å². The second-order valence-corrected chi connectivity index (χ2v) is 4.52.